The van der Waals surface area contributed by atoms with Crippen molar-refractivity contribution in [1.82, 2.24) is 10.0 Å². The van der Waals surface area contributed by atoms with Crippen LogP contribution in [0.4, 0.5) is 0 Å². The van der Waals surface area contributed by atoms with Gasteiger partial charge in [-0.05, 0) is 31.0 Å². The number of benzene rings is 1. The number of hydrogen-bond donors (Lipinski definition) is 3. The van der Waals surface area contributed by atoms with E-state index in [1.807, 2.05) is 0 Å². The lowest BCUT2D eigenvalue weighted by molar-refractivity contribution is -0.136. The van der Waals surface area contributed by atoms with E-state index in [0.717, 1.165) is 25.7 Å². The molecule has 8 heteroatoms. The van der Waals surface area contributed by atoms with Gasteiger partial charge < -0.3 is 10.4 Å². The molecule has 0 saturated heterocycles. The van der Waals surface area contributed by atoms with Crippen LogP contribution in [0.5, 0.6) is 0 Å². The summed E-state index contributed by atoms with van der Waals surface area (Å²) >= 11 is 0. The number of carbonyl (C=O) groups is 2. The van der Waals surface area contributed by atoms with Gasteiger partial charge in [-0.1, -0.05) is 18.9 Å². The zero-order valence-electron chi connectivity index (χ0n) is 12.6. The Morgan fingerprint density at radius 1 is 1.22 bits per heavy atom. The second kappa shape index (κ2) is 7.56. The average Bonchev–Trinajstić information content (AvgIpc) is 2.99. The smallest absolute Gasteiger partial charge is 0.305 e. The molecule has 1 aliphatic carbocycles. The number of nitrogens with one attached hydrogen (secondary N) is 2. The van der Waals surface area contributed by atoms with Gasteiger partial charge in [-0.2, -0.15) is 0 Å². The zero-order chi connectivity index (χ0) is 16.9. The van der Waals surface area contributed by atoms with Crippen molar-refractivity contribution in [3.63, 3.8) is 0 Å². The number of carboxylic acids is 1. The van der Waals surface area contributed by atoms with E-state index >= 15 is 0 Å². The van der Waals surface area contributed by atoms with Crippen molar-refractivity contribution >= 4 is 21.9 Å². The Hall–Kier alpha value is -1.93. The maximum Gasteiger partial charge on any atom is 0.305 e. The lowest BCUT2D eigenvalue weighted by atomic mass is 10.2. The Bertz CT molecular complexity index is 681. The summed E-state index contributed by atoms with van der Waals surface area (Å²) in [5, 5.41) is 11.0. The SMILES string of the molecule is O=C(O)CCNC(=O)c1cccc(S(=O)(=O)NC2CCCC2)c1. The lowest BCUT2D eigenvalue weighted by Crippen LogP contribution is -2.33. The van der Waals surface area contributed by atoms with Crippen LogP contribution >= 0.6 is 0 Å². The molecule has 1 aliphatic rings. The molecule has 1 aromatic carbocycles. The molecule has 1 saturated carbocycles. The number of carbonyl (C=O) groups excluding carboxylic acids is 1. The quantitative estimate of drug-likeness (QED) is 0.688. The van der Waals surface area contributed by atoms with Crippen molar-refractivity contribution in [3.8, 4) is 0 Å². The Kier molecular flexibility index (Phi) is 5.73. The van der Waals surface area contributed by atoms with Crippen LogP contribution in [0.3, 0.4) is 0 Å². The van der Waals surface area contributed by atoms with Crippen LogP contribution in [0.2, 0.25) is 0 Å². The normalized spacial score (nSPS) is 15.5. The minimum Gasteiger partial charge on any atom is -0.481 e. The third kappa shape index (κ3) is 5.04. The standard InChI is InChI=1S/C15H20N2O5S/c18-14(19)8-9-16-15(20)11-4-3-7-13(10-11)23(21,22)17-12-5-1-2-6-12/h3-4,7,10,12,17H,1-2,5-6,8-9H2,(H,16,20)(H,18,19). The Morgan fingerprint density at radius 3 is 2.57 bits per heavy atom. The van der Waals surface area contributed by atoms with Crippen molar-refractivity contribution in [3.05, 3.63) is 29.8 Å². The van der Waals surface area contributed by atoms with Gasteiger partial charge in [-0.25, -0.2) is 13.1 Å². The van der Waals surface area contributed by atoms with Gasteiger partial charge in [0.15, 0.2) is 0 Å². The maximum atomic E-state index is 12.3. The van der Waals surface area contributed by atoms with Gasteiger partial charge in [-0.3, -0.25) is 9.59 Å². The van der Waals surface area contributed by atoms with Crippen molar-refractivity contribution in [1.29, 1.82) is 0 Å². The van der Waals surface area contributed by atoms with Gasteiger partial charge in [0, 0.05) is 18.2 Å². The predicted octanol–water partition coefficient (Wildman–Crippen LogP) is 1.11. The molecule has 0 bridgehead atoms. The number of carboxylic acid groups (broad SMARTS) is 1. The van der Waals surface area contributed by atoms with Gasteiger partial charge in [0.25, 0.3) is 5.91 Å². The number of sulfonamides is 1. The van der Waals surface area contributed by atoms with Crippen LogP contribution in [0.15, 0.2) is 29.2 Å². The zero-order valence-corrected chi connectivity index (χ0v) is 13.4. The molecule has 1 fully saturated rings. The Balaban J connectivity index is 2.06. The van der Waals surface area contributed by atoms with E-state index in [1.165, 1.54) is 24.3 Å². The van der Waals surface area contributed by atoms with Crippen LogP contribution in [0, 0.1) is 0 Å². The fraction of sp³-hybridized carbons (Fsp3) is 0.467. The van der Waals surface area contributed by atoms with E-state index in [2.05, 4.69) is 10.0 Å². The van der Waals surface area contributed by atoms with Gasteiger partial charge in [0.05, 0.1) is 11.3 Å². The summed E-state index contributed by atoms with van der Waals surface area (Å²) in [6, 6.07) is 5.67. The highest BCUT2D eigenvalue weighted by Crippen LogP contribution is 2.20. The number of amides is 1. The second-order valence-electron chi connectivity index (χ2n) is 5.53. The van der Waals surface area contributed by atoms with Crippen LogP contribution in [-0.4, -0.2) is 38.0 Å². The van der Waals surface area contributed by atoms with Gasteiger partial charge in [0.2, 0.25) is 10.0 Å². The van der Waals surface area contributed by atoms with Gasteiger partial charge >= 0.3 is 5.97 Å². The first kappa shape index (κ1) is 17.4. The number of rotatable bonds is 7. The highest BCUT2D eigenvalue weighted by molar-refractivity contribution is 7.89. The van der Waals surface area contributed by atoms with E-state index in [0.29, 0.717) is 0 Å². The molecule has 0 unspecified atom stereocenters. The molecule has 23 heavy (non-hydrogen) atoms. The van der Waals surface area contributed by atoms with E-state index in [9.17, 15) is 18.0 Å². The minimum absolute atomic E-state index is 0.00846. The van der Waals surface area contributed by atoms with Crippen LogP contribution < -0.4 is 10.0 Å². The van der Waals surface area contributed by atoms with Gasteiger partial charge in [-0.15, -0.1) is 0 Å². The number of aliphatic carboxylic acids is 1. The molecule has 0 spiro atoms. The fourth-order valence-electron chi connectivity index (χ4n) is 2.52. The highest BCUT2D eigenvalue weighted by Gasteiger charge is 2.23. The summed E-state index contributed by atoms with van der Waals surface area (Å²) in [4.78, 5) is 22.4. The molecule has 7 nitrogen and oxygen atoms in total. The molecule has 1 amide bonds. The molecule has 0 heterocycles. The van der Waals surface area contributed by atoms with Crippen LogP contribution in [-0.2, 0) is 14.8 Å². The van der Waals surface area contributed by atoms with Crippen molar-refractivity contribution in [2.75, 3.05) is 6.54 Å². The first-order valence-corrected chi connectivity index (χ1v) is 8.99. The summed E-state index contributed by atoms with van der Waals surface area (Å²) in [6.45, 7) is -0.00846. The maximum absolute atomic E-state index is 12.3. The van der Waals surface area contributed by atoms with Crippen LogP contribution in [0.1, 0.15) is 42.5 Å². The molecule has 0 atom stereocenters. The second-order valence-corrected chi connectivity index (χ2v) is 7.24. The van der Waals surface area contributed by atoms with E-state index in [4.69, 9.17) is 5.11 Å². The average molecular weight is 340 g/mol. The fourth-order valence-corrected chi connectivity index (χ4v) is 3.87. The van der Waals surface area contributed by atoms with E-state index in [1.54, 1.807) is 0 Å². The molecule has 0 radical (unpaired) electrons. The third-order valence-corrected chi connectivity index (χ3v) is 5.23. The first-order chi connectivity index (χ1) is 10.9. The van der Waals surface area contributed by atoms with Crippen LogP contribution in [0.25, 0.3) is 0 Å². The summed E-state index contributed by atoms with van der Waals surface area (Å²) in [7, 11) is -3.66. The Labute approximate surface area is 135 Å². The molecule has 1 aromatic rings. The molecule has 0 aliphatic heterocycles. The van der Waals surface area contributed by atoms with Crippen molar-refractivity contribution in [2.24, 2.45) is 0 Å². The molecular weight excluding hydrogens is 320 g/mol. The summed E-state index contributed by atoms with van der Waals surface area (Å²) in [5.41, 5.74) is 0.185. The van der Waals surface area contributed by atoms with E-state index < -0.39 is 21.9 Å². The molecule has 126 valence electrons. The molecular formula is C15H20N2O5S. The minimum atomic E-state index is -3.66. The predicted molar refractivity (Wildman–Crippen MR) is 83.6 cm³/mol. The largest absolute Gasteiger partial charge is 0.481 e. The van der Waals surface area contributed by atoms with Crippen molar-refractivity contribution in [2.45, 2.75) is 43.0 Å². The number of hydrogen-bond acceptors (Lipinski definition) is 4. The summed E-state index contributed by atoms with van der Waals surface area (Å²) < 4.78 is 27.4. The highest BCUT2D eigenvalue weighted by atomic mass is 32.2. The van der Waals surface area contributed by atoms with Gasteiger partial charge in [0.1, 0.15) is 0 Å². The molecule has 2 rings (SSSR count). The third-order valence-electron chi connectivity index (χ3n) is 3.71. The molecule has 0 aromatic heterocycles. The Morgan fingerprint density at radius 2 is 1.91 bits per heavy atom. The first-order valence-electron chi connectivity index (χ1n) is 7.51. The van der Waals surface area contributed by atoms with Crippen molar-refractivity contribution < 1.29 is 23.1 Å². The summed E-state index contributed by atoms with van der Waals surface area (Å²) in [6.07, 6.45) is 3.49. The summed E-state index contributed by atoms with van der Waals surface area (Å²) in [5.74, 6) is -1.51. The van der Waals surface area contributed by atoms with E-state index in [-0.39, 0.29) is 29.5 Å². The lowest BCUT2D eigenvalue weighted by Gasteiger charge is -2.13. The monoisotopic (exact) mass is 340 g/mol. The topological polar surface area (TPSA) is 113 Å². The molecule has 3 N–H and O–H groups in total.